The number of hydrogen-bond acceptors (Lipinski definition) is 4. The molecule has 2 aromatic heterocycles. The van der Waals surface area contributed by atoms with Gasteiger partial charge in [-0.1, -0.05) is 140 Å². The largest absolute Gasteiger partial charge is 0.309 e. The Morgan fingerprint density at radius 2 is 0.542 bits per heavy atom. The van der Waals surface area contributed by atoms with E-state index in [-0.39, 0.29) is 0 Å². The minimum Gasteiger partial charge on any atom is -0.309 e. The van der Waals surface area contributed by atoms with Crippen molar-refractivity contribution in [3.63, 3.8) is 0 Å². The van der Waals surface area contributed by atoms with E-state index >= 15 is 0 Å². The number of para-hydroxylation sites is 10. The van der Waals surface area contributed by atoms with Crippen LogP contribution in [0.5, 0.6) is 0 Å². The maximum atomic E-state index is 2.51. The molecule has 13 aromatic rings. The summed E-state index contributed by atoms with van der Waals surface area (Å²) in [5, 5.41) is 4.84. The van der Waals surface area contributed by atoms with E-state index < -0.39 is 0 Å². The molecule has 72 heavy (non-hydrogen) atoms. The SMILES string of the molecule is c1ccc(N2c3ccccc3N(c3ccccc3)c3cc(-n4c5ccccc5c5c4ccc4c6ccccc6n(-c6ccc7c(c6)N(c6ccccc6)c6ccccc6N7c6ccccc6)c45)ccc32)cc1. The van der Waals surface area contributed by atoms with Crippen LogP contribution in [-0.4, -0.2) is 9.13 Å². The summed E-state index contributed by atoms with van der Waals surface area (Å²) in [6, 6.07) is 97.0. The van der Waals surface area contributed by atoms with E-state index in [1.54, 1.807) is 0 Å². The summed E-state index contributed by atoms with van der Waals surface area (Å²) < 4.78 is 4.99. The van der Waals surface area contributed by atoms with Crippen molar-refractivity contribution in [2.75, 3.05) is 19.6 Å². The van der Waals surface area contributed by atoms with Gasteiger partial charge in [-0.05, 0) is 127 Å². The van der Waals surface area contributed by atoms with Gasteiger partial charge in [0.05, 0.1) is 67.6 Å². The highest BCUT2D eigenvalue weighted by atomic mass is 15.3. The fourth-order valence-electron chi connectivity index (χ4n) is 11.7. The van der Waals surface area contributed by atoms with Gasteiger partial charge >= 0.3 is 0 Å². The molecule has 338 valence electrons. The molecule has 6 heteroatoms. The highest BCUT2D eigenvalue weighted by Gasteiger charge is 2.33. The molecular formula is C66H44N6. The maximum Gasteiger partial charge on any atom is 0.0724 e. The Morgan fingerprint density at radius 1 is 0.194 bits per heavy atom. The minimum atomic E-state index is 1.09. The molecule has 2 aliphatic heterocycles. The number of fused-ring (bicyclic) bond motifs is 11. The van der Waals surface area contributed by atoms with Gasteiger partial charge in [-0.15, -0.1) is 0 Å². The molecule has 0 aliphatic carbocycles. The van der Waals surface area contributed by atoms with Crippen molar-refractivity contribution >= 4 is 112 Å². The summed E-state index contributed by atoms with van der Waals surface area (Å²) in [5.74, 6) is 0. The Bertz CT molecular complexity index is 4240. The van der Waals surface area contributed by atoms with Gasteiger partial charge in [0.15, 0.2) is 0 Å². The van der Waals surface area contributed by atoms with Crippen LogP contribution in [0.25, 0.3) is 55.0 Å². The van der Waals surface area contributed by atoms with Gasteiger partial charge < -0.3 is 28.7 Å². The molecule has 0 spiro atoms. The van der Waals surface area contributed by atoms with Gasteiger partial charge in [-0.25, -0.2) is 0 Å². The zero-order chi connectivity index (χ0) is 47.3. The molecule has 15 rings (SSSR count). The smallest absolute Gasteiger partial charge is 0.0724 e. The van der Waals surface area contributed by atoms with Crippen molar-refractivity contribution in [3.8, 4) is 11.4 Å². The van der Waals surface area contributed by atoms with Crippen molar-refractivity contribution in [1.29, 1.82) is 0 Å². The zero-order valence-electron chi connectivity index (χ0n) is 39.1. The second kappa shape index (κ2) is 15.9. The zero-order valence-corrected chi connectivity index (χ0v) is 39.1. The van der Waals surface area contributed by atoms with Gasteiger partial charge in [-0.3, -0.25) is 0 Å². The predicted molar refractivity (Wildman–Crippen MR) is 301 cm³/mol. The third-order valence-corrected chi connectivity index (χ3v) is 14.7. The first-order valence-electron chi connectivity index (χ1n) is 24.6. The summed E-state index contributed by atoms with van der Waals surface area (Å²) >= 11 is 0. The van der Waals surface area contributed by atoms with E-state index in [0.29, 0.717) is 0 Å². The van der Waals surface area contributed by atoms with Gasteiger partial charge in [-0.2, -0.15) is 0 Å². The lowest BCUT2D eigenvalue weighted by atomic mass is 10.0. The normalized spacial score (nSPS) is 12.9. The molecule has 0 unspecified atom stereocenters. The quantitative estimate of drug-likeness (QED) is 0.166. The highest BCUT2D eigenvalue weighted by Crippen LogP contribution is 2.57. The number of nitrogens with zero attached hydrogens (tertiary/aromatic N) is 6. The fourth-order valence-corrected chi connectivity index (χ4v) is 11.7. The first-order chi connectivity index (χ1) is 35.8. The van der Waals surface area contributed by atoms with Gasteiger partial charge in [0.1, 0.15) is 0 Å². The molecule has 0 fully saturated rings. The summed E-state index contributed by atoms with van der Waals surface area (Å²) in [5.41, 5.74) is 20.2. The summed E-state index contributed by atoms with van der Waals surface area (Å²) in [7, 11) is 0. The van der Waals surface area contributed by atoms with Crippen LogP contribution in [0, 0.1) is 0 Å². The van der Waals surface area contributed by atoms with E-state index in [1.165, 1.54) is 27.1 Å². The van der Waals surface area contributed by atoms with E-state index in [4.69, 9.17) is 0 Å². The van der Waals surface area contributed by atoms with Crippen molar-refractivity contribution < 1.29 is 0 Å². The second-order valence-corrected chi connectivity index (χ2v) is 18.6. The minimum absolute atomic E-state index is 1.09. The Labute approximate surface area is 416 Å². The molecule has 0 radical (unpaired) electrons. The van der Waals surface area contributed by atoms with Crippen molar-refractivity contribution in [1.82, 2.24) is 9.13 Å². The van der Waals surface area contributed by atoms with Crippen LogP contribution in [0.1, 0.15) is 0 Å². The number of hydrogen-bond donors (Lipinski definition) is 0. The van der Waals surface area contributed by atoms with Gasteiger partial charge in [0.25, 0.3) is 0 Å². The van der Waals surface area contributed by atoms with Crippen LogP contribution >= 0.6 is 0 Å². The maximum absolute atomic E-state index is 2.51. The Morgan fingerprint density at radius 3 is 1.00 bits per heavy atom. The fraction of sp³-hybridized carbons (Fsp3) is 0. The van der Waals surface area contributed by atoms with Crippen molar-refractivity contribution in [3.05, 3.63) is 267 Å². The Balaban J connectivity index is 0.991. The molecule has 0 atom stereocenters. The van der Waals surface area contributed by atoms with E-state index in [2.05, 4.69) is 296 Å². The lowest BCUT2D eigenvalue weighted by Gasteiger charge is -2.40. The van der Waals surface area contributed by atoms with E-state index in [0.717, 1.165) is 96.2 Å². The number of rotatable bonds is 6. The molecule has 0 saturated carbocycles. The average Bonchev–Trinajstić information content (AvgIpc) is 3.97. The van der Waals surface area contributed by atoms with Crippen molar-refractivity contribution in [2.45, 2.75) is 0 Å². The molecule has 0 amide bonds. The van der Waals surface area contributed by atoms with Crippen molar-refractivity contribution in [2.24, 2.45) is 0 Å². The third-order valence-electron chi connectivity index (χ3n) is 14.7. The van der Waals surface area contributed by atoms with Gasteiger partial charge in [0.2, 0.25) is 0 Å². The Kier molecular flexibility index (Phi) is 8.86. The standard InChI is InChI=1S/C66H44N6/c1-5-21-45(22-6-1)67-56-33-17-19-35-58(56)69(47-25-9-3-10-26-47)63-43-49(37-40-60(63)67)71-55-32-16-14-30-53(55)65-62(71)42-39-52-51-29-13-15-31-54(51)72(66(52)65)50-38-41-61-64(44-50)70(48-27-11-4-12-28-48)59-36-20-18-34-57(59)68(61)46-23-7-2-8-24-46/h1-44H. The molecular weight excluding hydrogens is 877 g/mol. The van der Waals surface area contributed by atoms with E-state index in [9.17, 15) is 0 Å². The number of benzene rings is 11. The first kappa shape index (κ1) is 40.1. The van der Waals surface area contributed by atoms with Crippen LogP contribution < -0.4 is 19.6 Å². The molecule has 0 saturated heterocycles. The van der Waals surface area contributed by atoms with Crippen LogP contribution in [0.3, 0.4) is 0 Å². The second-order valence-electron chi connectivity index (χ2n) is 18.6. The lowest BCUT2D eigenvalue weighted by Crippen LogP contribution is -2.24. The topological polar surface area (TPSA) is 22.8 Å². The lowest BCUT2D eigenvalue weighted by molar-refractivity contribution is 1.13. The molecule has 0 bridgehead atoms. The summed E-state index contributed by atoms with van der Waals surface area (Å²) in [4.78, 5) is 9.65. The molecule has 0 N–H and O–H groups in total. The summed E-state index contributed by atoms with van der Waals surface area (Å²) in [6.45, 7) is 0. The summed E-state index contributed by atoms with van der Waals surface area (Å²) in [6.07, 6.45) is 0. The Hall–Kier alpha value is -9.78. The third kappa shape index (κ3) is 5.90. The van der Waals surface area contributed by atoms with Gasteiger partial charge in [0, 0.05) is 55.7 Å². The molecule has 2 aliphatic rings. The molecule has 6 nitrogen and oxygen atoms in total. The van der Waals surface area contributed by atoms with E-state index in [1.807, 2.05) is 0 Å². The molecule has 11 aromatic carbocycles. The average molecular weight is 921 g/mol. The predicted octanol–water partition coefficient (Wildman–Crippen LogP) is 18.4. The molecule has 4 heterocycles. The monoisotopic (exact) mass is 920 g/mol. The number of aromatic nitrogens is 2. The van der Waals surface area contributed by atoms with Crippen LogP contribution in [0.2, 0.25) is 0 Å². The highest BCUT2D eigenvalue weighted by molar-refractivity contribution is 6.26. The van der Waals surface area contributed by atoms with Crippen LogP contribution in [-0.2, 0) is 0 Å². The first-order valence-corrected chi connectivity index (χ1v) is 24.6. The number of anilines is 12. The van der Waals surface area contributed by atoms with Crippen LogP contribution in [0.4, 0.5) is 68.2 Å². The van der Waals surface area contributed by atoms with Crippen LogP contribution in [0.15, 0.2) is 267 Å².